The Morgan fingerprint density at radius 2 is 2.04 bits per heavy atom. The van der Waals surface area contributed by atoms with Crippen LogP contribution in [0.25, 0.3) is 11.5 Å². The summed E-state index contributed by atoms with van der Waals surface area (Å²) >= 11 is 0. The molecule has 1 aliphatic heterocycles. The average molecular weight is 353 g/mol. The minimum Gasteiger partial charge on any atom is -0.441 e. The first-order valence-electron chi connectivity index (χ1n) is 9.17. The molecule has 3 amide bonds. The van der Waals surface area contributed by atoms with E-state index in [1.165, 1.54) is 4.90 Å². The molecule has 2 aliphatic rings. The molecule has 6 nitrogen and oxygen atoms in total. The van der Waals surface area contributed by atoms with Crippen molar-refractivity contribution in [2.75, 3.05) is 0 Å². The Kier molecular flexibility index (Phi) is 4.05. The minimum absolute atomic E-state index is 0.127. The Bertz CT molecular complexity index is 845. The number of hydrogen-bond acceptors (Lipinski definition) is 4. The van der Waals surface area contributed by atoms with Gasteiger partial charge in [-0.25, -0.2) is 9.78 Å². The van der Waals surface area contributed by atoms with Crippen LogP contribution in [-0.2, 0) is 11.3 Å². The quantitative estimate of drug-likeness (QED) is 0.855. The van der Waals surface area contributed by atoms with Crippen LogP contribution in [-0.4, -0.2) is 27.4 Å². The Morgan fingerprint density at radius 3 is 2.77 bits per heavy atom. The summed E-state index contributed by atoms with van der Waals surface area (Å²) in [4.78, 5) is 31.4. The smallest absolute Gasteiger partial charge is 0.325 e. The van der Waals surface area contributed by atoms with Gasteiger partial charge in [0.15, 0.2) is 0 Å². The lowest BCUT2D eigenvalue weighted by Gasteiger charge is -2.36. The molecule has 1 N–H and O–H groups in total. The van der Waals surface area contributed by atoms with Crippen molar-refractivity contribution < 1.29 is 14.0 Å². The third kappa shape index (κ3) is 2.60. The summed E-state index contributed by atoms with van der Waals surface area (Å²) in [5.74, 6) is 1.15. The summed E-state index contributed by atoms with van der Waals surface area (Å²) < 4.78 is 5.76. The zero-order valence-electron chi connectivity index (χ0n) is 15.1. The number of urea groups is 1. The van der Waals surface area contributed by atoms with E-state index in [0.717, 1.165) is 24.8 Å². The molecule has 0 radical (unpaired) electrons. The van der Waals surface area contributed by atoms with Gasteiger partial charge in [0, 0.05) is 5.56 Å². The largest absolute Gasteiger partial charge is 0.441 e. The molecule has 0 bridgehead atoms. The zero-order chi connectivity index (χ0) is 18.3. The maximum absolute atomic E-state index is 13.1. The van der Waals surface area contributed by atoms with Crippen LogP contribution in [0.3, 0.4) is 0 Å². The number of benzene rings is 1. The highest BCUT2D eigenvalue weighted by molar-refractivity contribution is 6.07. The maximum atomic E-state index is 13.1. The van der Waals surface area contributed by atoms with Crippen LogP contribution in [0.5, 0.6) is 0 Å². The average Bonchev–Trinajstić information content (AvgIpc) is 3.12. The van der Waals surface area contributed by atoms with Gasteiger partial charge >= 0.3 is 6.03 Å². The second-order valence-electron chi connectivity index (χ2n) is 7.33. The minimum atomic E-state index is -0.741. The topological polar surface area (TPSA) is 75.4 Å². The first-order valence-corrected chi connectivity index (χ1v) is 9.17. The summed E-state index contributed by atoms with van der Waals surface area (Å²) in [5, 5.41) is 2.98. The molecule has 1 spiro atoms. The van der Waals surface area contributed by atoms with E-state index in [2.05, 4.69) is 17.2 Å². The standard InChI is InChI=1S/C20H23N3O3/c1-13-8-6-7-11-20(13)18(24)23(19(25)22-20)12-16-14(2)26-17(21-16)15-9-4-3-5-10-15/h3-5,9-10,13H,6-8,11-12H2,1-2H3,(H,22,25). The normalized spacial score (nSPS) is 25.8. The van der Waals surface area contributed by atoms with Crippen molar-refractivity contribution in [2.45, 2.75) is 51.6 Å². The molecule has 2 unspecified atom stereocenters. The Balaban J connectivity index is 1.59. The van der Waals surface area contributed by atoms with Crippen molar-refractivity contribution in [2.24, 2.45) is 5.92 Å². The van der Waals surface area contributed by atoms with Crippen LogP contribution in [0.15, 0.2) is 34.7 Å². The summed E-state index contributed by atoms with van der Waals surface area (Å²) in [5.41, 5.74) is 0.749. The lowest BCUT2D eigenvalue weighted by atomic mass is 9.73. The fourth-order valence-electron chi connectivity index (χ4n) is 4.07. The summed E-state index contributed by atoms with van der Waals surface area (Å²) in [7, 11) is 0. The second kappa shape index (κ2) is 6.27. The highest BCUT2D eigenvalue weighted by atomic mass is 16.4. The lowest BCUT2D eigenvalue weighted by Crippen LogP contribution is -2.53. The number of carbonyl (C=O) groups is 2. The van der Waals surface area contributed by atoms with E-state index in [-0.39, 0.29) is 24.4 Å². The fraction of sp³-hybridized carbons (Fsp3) is 0.450. The molecule has 2 fully saturated rings. The molecule has 4 rings (SSSR count). The van der Waals surface area contributed by atoms with Gasteiger partial charge in [-0.2, -0.15) is 0 Å². The van der Waals surface area contributed by atoms with E-state index in [1.807, 2.05) is 37.3 Å². The van der Waals surface area contributed by atoms with Crippen LogP contribution in [0.1, 0.15) is 44.1 Å². The third-order valence-corrected chi connectivity index (χ3v) is 5.72. The predicted molar refractivity (Wildman–Crippen MR) is 96.1 cm³/mol. The number of aromatic nitrogens is 1. The van der Waals surface area contributed by atoms with Crippen LogP contribution in [0.4, 0.5) is 4.79 Å². The van der Waals surface area contributed by atoms with Crippen LogP contribution in [0, 0.1) is 12.8 Å². The molecule has 1 aromatic heterocycles. The van der Waals surface area contributed by atoms with Gasteiger partial charge in [-0.15, -0.1) is 0 Å². The third-order valence-electron chi connectivity index (χ3n) is 5.72. The first-order chi connectivity index (χ1) is 12.5. The van der Waals surface area contributed by atoms with E-state index in [4.69, 9.17) is 4.42 Å². The number of rotatable bonds is 3. The van der Waals surface area contributed by atoms with Gasteiger partial charge < -0.3 is 9.73 Å². The van der Waals surface area contributed by atoms with Crippen molar-refractivity contribution in [1.29, 1.82) is 0 Å². The maximum Gasteiger partial charge on any atom is 0.325 e. The van der Waals surface area contributed by atoms with Gasteiger partial charge in [0.05, 0.1) is 6.54 Å². The van der Waals surface area contributed by atoms with Gasteiger partial charge in [0.2, 0.25) is 5.89 Å². The molecule has 6 heteroatoms. The monoisotopic (exact) mass is 353 g/mol. The van der Waals surface area contributed by atoms with E-state index < -0.39 is 5.54 Å². The van der Waals surface area contributed by atoms with Crippen molar-refractivity contribution in [3.63, 3.8) is 0 Å². The van der Waals surface area contributed by atoms with Gasteiger partial charge in [-0.3, -0.25) is 9.69 Å². The van der Waals surface area contributed by atoms with Gasteiger partial charge in [-0.05, 0) is 37.8 Å². The Hall–Kier alpha value is -2.63. The van der Waals surface area contributed by atoms with Crippen LogP contribution in [0.2, 0.25) is 0 Å². The van der Waals surface area contributed by atoms with Crippen molar-refractivity contribution in [3.05, 3.63) is 41.8 Å². The molecule has 2 aromatic rings. The molecule has 2 atom stereocenters. The van der Waals surface area contributed by atoms with E-state index in [9.17, 15) is 9.59 Å². The number of aryl methyl sites for hydroxylation is 1. The summed E-state index contributed by atoms with van der Waals surface area (Å²) in [6.45, 7) is 4.00. The highest BCUT2D eigenvalue weighted by Crippen LogP contribution is 2.38. The Labute approximate surface area is 152 Å². The highest BCUT2D eigenvalue weighted by Gasteiger charge is 2.54. The van der Waals surface area contributed by atoms with Crippen LogP contribution < -0.4 is 5.32 Å². The molecule has 1 saturated heterocycles. The number of carbonyl (C=O) groups excluding carboxylic acids is 2. The van der Waals surface area contributed by atoms with E-state index in [1.54, 1.807) is 0 Å². The predicted octanol–water partition coefficient (Wildman–Crippen LogP) is 3.65. The van der Waals surface area contributed by atoms with E-state index >= 15 is 0 Å². The van der Waals surface area contributed by atoms with Gasteiger partial charge in [0.1, 0.15) is 17.0 Å². The lowest BCUT2D eigenvalue weighted by molar-refractivity contribution is -0.134. The SMILES string of the molecule is Cc1oc(-c2ccccc2)nc1CN1C(=O)NC2(CCCCC2C)C1=O. The first kappa shape index (κ1) is 16.8. The zero-order valence-corrected chi connectivity index (χ0v) is 15.1. The second-order valence-corrected chi connectivity index (χ2v) is 7.33. The summed E-state index contributed by atoms with van der Waals surface area (Å²) in [6, 6.07) is 9.27. The molecule has 1 saturated carbocycles. The van der Waals surface area contributed by atoms with E-state index in [0.29, 0.717) is 23.8 Å². The number of nitrogens with zero attached hydrogens (tertiary/aromatic N) is 2. The fourth-order valence-corrected chi connectivity index (χ4v) is 4.07. The number of oxazole rings is 1. The van der Waals surface area contributed by atoms with Crippen molar-refractivity contribution in [3.8, 4) is 11.5 Å². The van der Waals surface area contributed by atoms with Crippen molar-refractivity contribution in [1.82, 2.24) is 15.2 Å². The van der Waals surface area contributed by atoms with Gasteiger partial charge in [-0.1, -0.05) is 38.0 Å². The molecule has 1 aromatic carbocycles. The van der Waals surface area contributed by atoms with Crippen LogP contribution >= 0.6 is 0 Å². The molecule has 1 aliphatic carbocycles. The molecule has 2 heterocycles. The van der Waals surface area contributed by atoms with Crippen molar-refractivity contribution >= 4 is 11.9 Å². The number of hydrogen-bond donors (Lipinski definition) is 1. The molecular formula is C20H23N3O3. The molecule has 136 valence electrons. The number of nitrogens with one attached hydrogen (secondary N) is 1. The molecule has 26 heavy (non-hydrogen) atoms. The number of imide groups is 1. The number of amides is 3. The Morgan fingerprint density at radius 1 is 1.27 bits per heavy atom. The van der Waals surface area contributed by atoms with Gasteiger partial charge in [0.25, 0.3) is 5.91 Å². The summed E-state index contributed by atoms with van der Waals surface area (Å²) in [6.07, 6.45) is 3.74. The molecular weight excluding hydrogens is 330 g/mol.